The summed E-state index contributed by atoms with van der Waals surface area (Å²) in [6.07, 6.45) is 8.09. The molecule has 0 radical (unpaired) electrons. The molecule has 2 aliphatic carbocycles. The zero-order valence-electron chi connectivity index (χ0n) is 45.4. The zero-order valence-corrected chi connectivity index (χ0v) is 50.4. The van der Waals surface area contributed by atoms with Gasteiger partial charge in [-0.15, -0.1) is 0 Å². The molecule has 4 aliphatic rings. The van der Waals surface area contributed by atoms with Crippen molar-refractivity contribution in [1.82, 2.24) is 9.80 Å². The van der Waals surface area contributed by atoms with Crippen LogP contribution < -0.4 is 25.5 Å². The van der Waals surface area contributed by atoms with Crippen molar-refractivity contribution in [2.24, 2.45) is 10.8 Å². The third-order valence-corrected chi connectivity index (χ3v) is 29.2. The van der Waals surface area contributed by atoms with Crippen LogP contribution in [-0.4, -0.2) is 63.5 Å². The molecule has 2 saturated carbocycles. The lowest BCUT2D eigenvalue weighted by atomic mass is 9.72. The smallest absolute Gasteiger partial charge is 0.261 e. The zero-order chi connectivity index (χ0) is 54.4. The first-order valence-corrected chi connectivity index (χ1v) is 32.9. The van der Waals surface area contributed by atoms with Crippen LogP contribution in [-0.2, 0) is 31.5 Å². The lowest BCUT2D eigenvalue weighted by molar-refractivity contribution is -0.139. The second-order valence-electron chi connectivity index (χ2n) is 24.3. The molecule has 0 atom stereocenters. The van der Waals surface area contributed by atoms with Crippen LogP contribution in [0.4, 0.5) is 0 Å². The molecule has 2 heterocycles. The number of likely N-dealkylation sites (tertiary alicyclic amines) is 2. The summed E-state index contributed by atoms with van der Waals surface area (Å²) >= 11 is 27.9. The third-order valence-electron chi connectivity index (χ3n) is 17.7. The number of hydrogen-bond acceptors (Lipinski definition) is 5. The number of nitrogens with zero attached hydrogens (tertiary/aromatic N) is 2. The van der Waals surface area contributed by atoms with Gasteiger partial charge in [-0.2, -0.15) is 0 Å². The van der Waals surface area contributed by atoms with Gasteiger partial charge in [0, 0.05) is 49.5 Å². The molecule has 2 spiro atoms. The van der Waals surface area contributed by atoms with Crippen molar-refractivity contribution in [3.8, 4) is 11.5 Å². The van der Waals surface area contributed by atoms with Crippen LogP contribution >= 0.6 is 46.4 Å². The van der Waals surface area contributed by atoms with Gasteiger partial charge in [-0.25, -0.2) is 0 Å². The van der Waals surface area contributed by atoms with Crippen LogP contribution in [0.2, 0.25) is 30.2 Å². The molecule has 77 heavy (non-hydrogen) atoms. The van der Waals surface area contributed by atoms with Gasteiger partial charge in [0.2, 0.25) is 11.8 Å². The largest absolute Gasteiger partial charge is 0.457 e. The van der Waals surface area contributed by atoms with Crippen LogP contribution in [0.15, 0.2) is 146 Å². The Bertz CT molecular complexity index is 2730. The number of amides is 2. The predicted molar refractivity (Wildman–Crippen MR) is 320 cm³/mol. The number of hydrogen-bond donors (Lipinski definition) is 0. The first kappa shape index (κ1) is 55.9. The normalized spacial score (nSPS) is 22.4. The van der Waals surface area contributed by atoms with Gasteiger partial charge in [0.1, 0.15) is 11.5 Å². The van der Waals surface area contributed by atoms with E-state index in [1.54, 1.807) is 24.3 Å². The Morgan fingerprint density at radius 1 is 0.455 bits per heavy atom. The summed E-state index contributed by atoms with van der Waals surface area (Å²) < 4.78 is 21.3. The number of halogens is 4. The van der Waals surface area contributed by atoms with E-state index in [4.69, 9.17) is 60.0 Å². The van der Waals surface area contributed by atoms with Crippen LogP contribution in [0.5, 0.6) is 11.5 Å². The Hall–Kier alpha value is -4.43. The second kappa shape index (κ2) is 22.3. The molecule has 4 fully saturated rings. The summed E-state index contributed by atoms with van der Waals surface area (Å²) in [7, 11) is -5.45. The highest BCUT2D eigenvalue weighted by atomic mass is 35.5. The lowest BCUT2D eigenvalue weighted by Crippen LogP contribution is -2.68. The number of carbonyl (C=O) groups is 2. The Kier molecular flexibility index (Phi) is 16.1. The van der Waals surface area contributed by atoms with Gasteiger partial charge < -0.3 is 23.4 Å². The number of ether oxygens (including phenoxy) is 1. The SMILES string of the molecule is CC(C)(C)[Si](OC1CCC2(CC1)CCN(Cc1c(Cl)cc(Oc3cc(Cl)c(CN4CCC5(CCC(O[Si](c6ccccc6)(c6ccccc6)C(C)(C)C)CC5)C4=O)c(Cl)c3)cc1Cl)C2=O)(c1ccccc1)c1ccccc1. The molecule has 2 saturated heterocycles. The molecule has 13 heteroatoms. The van der Waals surface area contributed by atoms with Gasteiger partial charge in [-0.05, 0) is 119 Å². The van der Waals surface area contributed by atoms with Crippen molar-refractivity contribution in [3.05, 3.63) is 177 Å². The Balaban J connectivity index is 0.755. The van der Waals surface area contributed by atoms with Crippen molar-refractivity contribution in [2.45, 2.75) is 141 Å². The fourth-order valence-corrected chi connectivity index (χ4v) is 24.2. The third kappa shape index (κ3) is 10.7. The molecule has 7 nitrogen and oxygen atoms in total. The topological polar surface area (TPSA) is 68.3 Å². The standard InChI is InChI=1S/C64H72Cl4N2O5Si2/c1-61(2,3)76(49-19-11-7-12-20-49,50-21-13-8-14-22-50)74-45-27-31-63(32-28-45)35-37-69(59(63)71)43-53-55(65)39-47(40-56(53)66)73-48-41-57(67)54(58(68)42-48)44-70-38-36-64(60(70)72)33-29-46(30-34-64)75-77(62(4,5)6,51-23-15-9-16-24-51)52-25-17-10-18-26-52/h7-26,39-42,45-46H,27-38,43-44H2,1-6H3. The van der Waals surface area contributed by atoms with Crippen LogP contribution in [0.3, 0.4) is 0 Å². The summed E-state index contributed by atoms with van der Waals surface area (Å²) in [5, 5.41) is 6.45. The molecular formula is C64H72Cl4N2O5Si2. The minimum atomic E-state index is -2.72. The van der Waals surface area contributed by atoms with Crippen LogP contribution in [0, 0.1) is 10.8 Å². The summed E-state index contributed by atoms with van der Waals surface area (Å²) in [5.74, 6) is 1.15. The van der Waals surface area contributed by atoms with Crippen molar-refractivity contribution in [3.63, 3.8) is 0 Å². The van der Waals surface area contributed by atoms with Gasteiger partial charge in [-0.1, -0.05) is 209 Å². The van der Waals surface area contributed by atoms with E-state index in [0.29, 0.717) is 68.9 Å². The minimum absolute atomic E-state index is 0.0494. The molecule has 6 aromatic carbocycles. The maximum absolute atomic E-state index is 14.4. The molecule has 2 amide bonds. The molecule has 10 rings (SSSR count). The van der Waals surface area contributed by atoms with E-state index in [1.807, 2.05) is 9.80 Å². The van der Waals surface area contributed by atoms with E-state index >= 15 is 0 Å². The van der Waals surface area contributed by atoms with Crippen LogP contribution in [0.25, 0.3) is 0 Å². The monoisotopic (exact) mass is 1140 g/mol. The highest BCUT2D eigenvalue weighted by Gasteiger charge is 2.56. The fraction of sp³-hybridized carbons (Fsp3) is 0.406. The maximum Gasteiger partial charge on any atom is 0.261 e. The van der Waals surface area contributed by atoms with Gasteiger partial charge in [0.15, 0.2) is 0 Å². The Labute approximate surface area is 478 Å². The molecule has 404 valence electrons. The molecule has 0 N–H and O–H groups in total. The summed E-state index contributed by atoms with van der Waals surface area (Å²) in [6.45, 7) is 15.8. The second-order valence-corrected chi connectivity index (χ2v) is 34.4. The highest BCUT2D eigenvalue weighted by Crippen LogP contribution is 2.51. The lowest BCUT2D eigenvalue weighted by Gasteiger charge is -2.47. The highest BCUT2D eigenvalue weighted by molar-refractivity contribution is 7.00. The Morgan fingerprint density at radius 2 is 0.727 bits per heavy atom. The molecule has 0 unspecified atom stereocenters. The molecule has 6 aromatic rings. The van der Waals surface area contributed by atoms with Crippen molar-refractivity contribution in [1.29, 1.82) is 0 Å². The van der Waals surface area contributed by atoms with Gasteiger partial charge in [0.05, 0.1) is 30.9 Å². The first-order chi connectivity index (χ1) is 36.8. The van der Waals surface area contributed by atoms with Crippen molar-refractivity contribution in [2.75, 3.05) is 13.1 Å². The average Bonchev–Trinajstić information content (AvgIpc) is 3.90. The number of rotatable bonds is 14. The van der Waals surface area contributed by atoms with E-state index in [1.165, 1.54) is 20.7 Å². The summed E-state index contributed by atoms with van der Waals surface area (Å²) in [4.78, 5) is 32.6. The van der Waals surface area contributed by atoms with Gasteiger partial charge >= 0.3 is 0 Å². The van der Waals surface area contributed by atoms with E-state index < -0.39 is 27.5 Å². The average molecular weight is 1150 g/mol. The van der Waals surface area contributed by atoms with E-state index in [-0.39, 0.29) is 34.1 Å². The van der Waals surface area contributed by atoms with Gasteiger partial charge in [-0.3, -0.25) is 9.59 Å². The van der Waals surface area contributed by atoms with Crippen molar-refractivity contribution < 1.29 is 23.2 Å². The first-order valence-electron chi connectivity index (χ1n) is 27.6. The molecule has 0 bridgehead atoms. The fourth-order valence-electron chi connectivity index (χ4n) is 13.5. The van der Waals surface area contributed by atoms with Gasteiger partial charge in [0.25, 0.3) is 16.6 Å². The quantitative estimate of drug-likeness (QED) is 0.102. The number of carbonyl (C=O) groups excluding carboxylic acids is 2. The van der Waals surface area contributed by atoms with Crippen molar-refractivity contribution >= 4 is 95.6 Å². The maximum atomic E-state index is 14.4. The Morgan fingerprint density at radius 3 is 0.987 bits per heavy atom. The minimum Gasteiger partial charge on any atom is -0.457 e. The van der Waals surface area contributed by atoms with E-state index in [2.05, 4.69) is 163 Å². The molecule has 0 aromatic heterocycles. The number of benzene rings is 6. The van der Waals surface area contributed by atoms with Crippen LogP contribution in [0.1, 0.15) is 117 Å². The van der Waals surface area contributed by atoms with E-state index in [0.717, 1.165) is 64.2 Å². The summed E-state index contributed by atoms with van der Waals surface area (Å²) in [5.41, 5.74) is 0.498. The predicted octanol–water partition coefficient (Wildman–Crippen LogP) is 14.6. The van der Waals surface area contributed by atoms with E-state index in [9.17, 15) is 9.59 Å². The summed E-state index contributed by atoms with van der Waals surface area (Å²) in [6, 6.07) is 50.0. The molecular weight excluding hydrogens is 1070 g/mol. The molecule has 2 aliphatic heterocycles.